The van der Waals surface area contributed by atoms with E-state index in [-0.39, 0.29) is 11.2 Å². The number of carbonyl (C=O) groups excluding carboxylic acids is 1. The van der Waals surface area contributed by atoms with Crippen LogP contribution in [0.3, 0.4) is 0 Å². The Kier molecular flexibility index (Phi) is 3.62. The number of aromatic nitrogens is 2. The Balaban J connectivity index is 1.98. The number of fused-ring (bicyclic) bond motifs is 1. The summed E-state index contributed by atoms with van der Waals surface area (Å²) >= 11 is 0. The van der Waals surface area contributed by atoms with Crippen LogP contribution < -0.4 is 10.1 Å². The minimum atomic E-state index is -0.400. The lowest BCUT2D eigenvalue weighted by atomic mass is 9.73. The number of anilines is 1. The van der Waals surface area contributed by atoms with Crippen molar-refractivity contribution < 1.29 is 9.53 Å². The van der Waals surface area contributed by atoms with E-state index in [1.807, 2.05) is 24.3 Å². The van der Waals surface area contributed by atoms with Gasteiger partial charge in [-0.3, -0.25) is 4.79 Å². The monoisotopic (exact) mass is 348 g/mol. The molecule has 1 aliphatic heterocycles. The van der Waals surface area contributed by atoms with Gasteiger partial charge in [-0.1, -0.05) is 32.0 Å². The Labute approximate surface area is 152 Å². The molecule has 1 aliphatic carbocycles. The maximum absolute atomic E-state index is 13.1. The summed E-state index contributed by atoms with van der Waals surface area (Å²) in [5.74, 6) is 1.44. The van der Waals surface area contributed by atoms with Crippen molar-refractivity contribution in [1.82, 2.24) is 9.78 Å². The number of ketones is 1. The van der Waals surface area contributed by atoms with Crippen LogP contribution in [0.15, 0.2) is 41.7 Å². The Bertz CT molecular complexity index is 978. The molecule has 0 bridgehead atoms. The topological polar surface area (TPSA) is 79.9 Å². The molecule has 1 aromatic heterocycles. The van der Waals surface area contributed by atoms with Crippen molar-refractivity contribution in [2.24, 2.45) is 5.41 Å². The van der Waals surface area contributed by atoms with E-state index in [0.717, 1.165) is 17.7 Å². The first kappa shape index (κ1) is 16.4. The highest BCUT2D eigenvalue weighted by molar-refractivity contribution is 6.00. The zero-order chi connectivity index (χ0) is 18.5. The first-order chi connectivity index (χ1) is 12.4. The van der Waals surface area contributed by atoms with Crippen molar-refractivity contribution in [2.45, 2.75) is 32.7 Å². The third kappa shape index (κ3) is 2.39. The van der Waals surface area contributed by atoms with E-state index in [9.17, 15) is 10.1 Å². The third-order valence-corrected chi connectivity index (χ3v) is 5.06. The summed E-state index contributed by atoms with van der Waals surface area (Å²) in [4.78, 5) is 13.1. The molecule has 1 N–H and O–H groups in total. The lowest BCUT2D eigenvalue weighted by Crippen LogP contribution is -2.36. The van der Waals surface area contributed by atoms with Crippen LogP contribution in [0.1, 0.15) is 43.9 Å². The van der Waals surface area contributed by atoms with Crippen molar-refractivity contribution in [2.75, 3.05) is 12.4 Å². The van der Waals surface area contributed by atoms with E-state index < -0.39 is 6.04 Å². The van der Waals surface area contributed by atoms with E-state index in [1.165, 1.54) is 0 Å². The van der Waals surface area contributed by atoms with Gasteiger partial charge in [-0.15, -0.1) is 0 Å². The lowest BCUT2D eigenvalue weighted by molar-refractivity contribution is -0.118. The third-order valence-electron chi connectivity index (χ3n) is 5.06. The molecule has 2 aromatic rings. The van der Waals surface area contributed by atoms with Crippen LogP contribution in [0, 0.1) is 16.7 Å². The van der Waals surface area contributed by atoms with Gasteiger partial charge in [0.25, 0.3) is 0 Å². The molecular weight excluding hydrogens is 328 g/mol. The number of ether oxygens (including phenoxy) is 1. The van der Waals surface area contributed by atoms with Gasteiger partial charge in [0, 0.05) is 23.3 Å². The standard InChI is InChI=1S/C20H20N4O2/c1-20(2)8-14-17(15(25)9-20)18(13-6-4-5-7-16(13)26-3)24-19(23-14)12(10-21)11-22-24/h4-7,11,18,23H,8-9H2,1-3H3/t18-/m0/s1. The number of nitrogens with zero attached hydrogens (tertiary/aromatic N) is 3. The maximum atomic E-state index is 13.1. The molecule has 6 heteroatoms. The SMILES string of the molecule is COc1ccccc1[C@H]1C2=C(CC(C)(C)CC2=O)Nc2c(C#N)cnn21. The number of hydrogen-bond acceptors (Lipinski definition) is 5. The van der Waals surface area contributed by atoms with Gasteiger partial charge in [-0.05, 0) is 17.9 Å². The van der Waals surface area contributed by atoms with Crippen LogP contribution >= 0.6 is 0 Å². The fourth-order valence-corrected chi connectivity index (χ4v) is 3.97. The van der Waals surface area contributed by atoms with Crippen LogP contribution in [0.2, 0.25) is 0 Å². The molecule has 0 spiro atoms. The summed E-state index contributed by atoms with van der Waals surface area (Å²) < 4.78 is 7.27. The molecular formula is C20H20N4O2. The van der Waals surface area contributed by atoms with Crippen molar-refractivity contribution in [3.63, 3.8) is 0 Å². The van der Waals surface area contributed by atoms with Crippen LogP contribution in [-0.4, -0.2) is 22.7 Å². The number of rotatable bonds is 2. The number of benzene rings is 1. The number of hydrogen-bond donors (Lipinski definition) is 1. The average molecular weight is 348 g/mol. The summed E-state index contributed by atoms with van der Waals surface area (Å²) in [7, 11) is 1.62. The van der Waals surface area contributed by atoms with Crippen molar-refractivity contribution in [3.05, 3.63) is 52.9 Å². The van der Waals surface area contributed by atoms with Crippen LogP contribution in [-0.2, 0) is 4.79 Å². The Hall–Kier alpha value is -3.07. The largest absolute Gasteiger partial charge is 0.496 e. The molecule has 0 unspecified atom stereocenters. The minimum absolute atomic E-state index is 0.110. The molecule has 2 heterocycles. The van der Waals surface area contributed by atoms with Crippen LogP contribution in [0.4, 0.5) is 5.82 Å². The van der Waals surface area contributed by atoms with Crippen molar-refractivity contribution in [1.29, 1.82) is 5.26 Å². The van der Waals surface area contributed by atoms with E-state index in [4.69, 9.17) is 4.74 Å². The van der Waals surface area contributed by atoms with Gasteiger partial charge in [0.15, 0.2) is 5.78 Å². The smallest absolute Gasteiger partial charge is 0.163 e. The zero-order valence-corrected chi connectivity index (χ0v) is 15.0. The summed E-state index contributed by atoms with van der Waals surface area (Å²) in [6.07, 6.45) is 2.77. The molecule has 0 saturated carbocycles. The second kappa shape index (κ2) is 5.73. The van der Waals surface area contributed by atoms with Crippen LogP contribution in [0.5, 0.6) is 5.75 Å². The van der Waals surface area contributed by atoms with Gasteiger partial charge in [-0.25, -0.2) is 4.68 Å². The quantitative estimate of drug-likeness (QED) is 0.899. The Morgan fingerprint density at radius 1 is 1.35 bits per heavy atom. The fourth-order valence-electron chi connectivity index (χ4n) is 3.97. The first-order valence-electron chi connectivity index (χ1n) is 8.59. The molecule has 4 rings (SSSR count). The Morgan fingerprint density at radius 3 is 2.85 bits per heavy atom. The molecule has 0 radical (unpaired) electrons. The molecule has 26 heavy (non-hydrogen) atoms. The van der Waals surface area contributed by atoms with Gasteiger partial charge in [0.05, 0.1) is 13.3 Å². The highest BCUT2D eigenvalue weighted by Crippen LogP contribution is 2.47. The highest BCUT2D eigenvalue weighted by atomic mass is 16.5. The minimum Gasteiger partial charge on any atom is -0.496 e. The normalized spacial score (nSPS) is 20.7. The van der Waals surface area contributed by atoms with Crippen molar-refractivity contribution >= 4 is 11.6 Å². The predicted molar refractivity (Wildman–Crippen MR) is 96.7 cm³/mol. The van der Waals surface area contributed by atoms with E-state index in [2.05, 4.69) is 30.3 Å². The highest BCUT2D eigenvalue weighted by Gasteiger charge is 2.42. The zero-order valence-electron chi connectivity index (χ0n) is 15.0. The number of Topliss-reactive ketones (excluding diaryl/α,β-unsaturated/α-hetero) is 1. The molecule has 0 amide bonds. The Morgan fingerprint density at radius 2 is 2.12 bits per heavy atom. The summed E-state index contributed by atoms with van der Waals surface area (Å²) in [5, 5.41) is 17.2. The number of allylic oxidation sites excluding steroid dienone is 2. The van der Waals surface area contributed by atoms with Crippen LogP contribution in [0.25, 0.3) is 0 Å². The van der Waals surface area contributed by atoms with E-state index in [0.29, 0.717) is 29.1 Å². The molecule has 6 nitrogen and oxygen atoms in total. The number of carbonyl (C=O) groups is 1. The first-order valence-corrected chi connectivity index (χ1v) is 8.59. The molecule has 2 aliphatic rings. The molecule has 0 fully saturated rings. The number of nitrogens with one attached hydrogen (secondary N) is 1. The van der Waals surface area contributed by atoms with Crippen molar-refractivity contribution in [3.8, 4) is 11.8 Å². The van der Waals surface area contributed by atoms with E-state index >= 15 is 0 Å². The number of methoxy groups -OCH3 is 1. The second-order valence-electron chi connectivity index (χ2n) is 7.57. The molecule has 132 valence electrons. The predicted octanol–water partition coefficient (Wildman–Crippen LogP) is 3.42. The number of nitriles is 1. The van der Waals surface area contributed by atoms with Gasteiger partial charge in [-0.2, -0.15) is 10.4 Å². The van der Waals surface area contributed by atoms with Gasteiger partial charge in [0.1, 0.15) is 29.2 Å². The maximum Gasteiger partial charge on any atom is 0.163 e. The fraction of sp³-hybridized carbons (Fsp3) is 0.350. The van der Waals surface area contributed by atoms with Gasteiger partial charge < -0.3 is 10.1 Å². The average Bonchev–Trinajstić information content (AvgIpc) is 3.01. The summed E-state index contributed by atoms with van der Waals surface area (Å²) in [5.41, 5.74) is 2.81. The second-order valence-corrected chi connectivity index (χ2v) is 7.57. The molecule has 1 atom stereocenters. The van der Waals surface area contributed by atoms with Gasteiger partial charge in [0.2, 0.25) is 0 Å². The molecule has 0 saturated heterocycles. The molecule has 1 aromatic carbocycles. The summed E-state index contributed by atoms with van der Waals surface area (Å²) in [6.45, 7) is 4.18. The van der Waals surface area contributed by atoms with Gasteiger partial charge >= 0.3 is 0 Å². The van der Waals surface area contributed by atoms with E-state index in [1.54, 1.807) is 18.0 Å². The lowest BCUT2D eigenvalue weighted by Gasteiger charge is -2.39. The summed E-state index contributed by atoms with van der Waals surface area (Å²) in [6, 6.07) is 9.43. The number of para-hydroxylation sites is 1.